The molecule has 8 atom stereocenters. The number of nitrogens with zero attached hydrogens (tertiary/aromatic N) is 1. The number of Topliss-reactive ketones (excluding diaryl/α,β-unsaturated/α-hetero) is 1. The number of aliphatic hydroxyl groups excluding tert-OH is 1. The highest BCUT2D eigenvalue weighted by Crippen LogP contribution is 2.69. The lowest BCUT2D eigenvalue weighted by atomic mass is 9.46. The van der Waals surface area contributed by atoms with Crippen LogP contribution in [0.3, 0.4) is 0 Å². The molecule has 5 rings (SSSR count). The minimum atomic E-state index is -1.22. The number of fused-ring (bicyclic) bond motifs is 7. The van der Waals surface area contributed by atoms with Crippen LogP contribution >= 0.6 is 0 Å². The highest BCUT2D eigenvalue weighted by Gasteiger charge is 2.75. The van der Waals surface area contributed by atoms with E-state index in [0.29, 0.717) is 18.7 Å². The predicted molar refractivity (Wildman–Crippen MR) is 116 cm³/mol. The molecule has 0 radical (unpaired) electrons. The number of hydrogen-bond acceptors (Lipinski definition) is 7. The van der Waals surface area contributed by atoms with Gasteiger partial charge in [-0.05, 0) is 49.7 Å². The number of rotatable bonds is 3. The van der Waals surface area contributed by atoms with Crippen molar-refractivity contribution in [2.75, 3.05) is 6.61 Å². The topological polar surface area (TPSA) is 102 Å². The van der Waals surface area contributed by atoms with E-state index >= 15 is 0 Å². The third kappa shape index (κ3) is 2.63. The van der Waals surface area contributed by atoms with E-state index in [2.05, 4.69) is 6.92 Å². The van der Waals surface area contributed by atoms with Gasteiger partial charge in [0.05, 0.1) is 6.10 Å². The largest absolute Gasteiger partial charge is 0.464 e. The molecular weight excluding hydrogens is 410 g/mol. The standard InChI is InChI=1S/C25H31NO6/c1-13-26-20-10-18-17-6-5-15-9-16(28)7-8-23(15,3)22(17)19(29)11-24(18,4)25(20,32-13)21(30)12-31-14(2)27/h7-9,17-20,22,29H,5-6,10-12H2,1-4H3/t17-,18-,19-,20+,22+,23-,24-,25-/m0/s1. The summed E-state index contributed by atoms with van der Waals surface area (Å²) in [6.07, 6.45) is 7.43. The Balaban J connectivity index is 1.55. The summed E-state index contributed by atoms with van der Waals surface area (Å²) in [6, 6.07) is -0.347. The maximum atomic E-state index is 13.5. The summed E-state index contributed by atoms with van der Waals surface area (Å²) in [5.41, 5.74) is -1.14. The zero-order chi connectivity index (χ0) is 23.1. The molecule has 0 aromatic rings. The Bertz CT molecular complexity index is 996. The summed E-state index contributed by atoms with van der Waals surface area (Å²) < 4.78 is 11.3. The van der Waals surface area contributed by atoms with Gasteiger partial charge in [-0.15, -0.1) is 0 Å². The van der Waals surface area contributed by atoms with E-state index in [-0.39, 0.29) is 47.4 Å². The lowest BCUT2D eigenvalue weighted by molar-refractivity contribution is -0.176. The fraction of sp³-hybridized carbons (Fsp3) is 0.680. The maximum Gasteiger partial charge on any atom is 0.303 e. The first-order valence-corrected chi connectivity index (χ1v) is 11.6. The van der Waals surface area contributed by atoms with Crippen LogP contribution in [-0.4, -0.2) is 52.9 Å². The second kappa shape index (κ2) is 6.86. The second-order valence-corrected chi connectivity index (χ2v) is 10.7. The normalized spacial score (nSPS) is 46.2. The van der Waals surface area contributed by atoms with Gasteiger partial charge < -0.3 is 14.6 Å². The predicted octanol–water partition coefficient (Wildman–Crippen LogP) is 2.56. The van der Waals surface area contributed by atoms with Crippen LogP contribution < -0.4 is 0 Å². The first kappa shape index (κ1) is 21.6. The zero-order valence-electron chi connectivity index (χ0n) is 19.1. The number of ketones is 2. The molecule has 7 heteroatoms. The van der Waals surface area contributed by atoms with Crippen molar-refractivity contribution in [3.63, 3.8) is 0 Å². The number of esters is 1. The van der Waals surface area contributed by atoms with Crippen molar-refractivity contribution in [2.45, 2.75) is 71.1 Å². The molecule has 7 nitrogen and oxygen atoms in total. The Hall–Kier alpha value is -2.28. The Morgan fingerprint density at radius 2 is 2.09 bits per heavy atom. The number of hydrogen-bond donors (Lipinski definition) is 1. The number of allylic oxidation sites excluding steroid dienone is 4. The SMILES string of the molecule is CC(=O)OCC(=O)[C@@]12OC(C)=N[C@@H]1C[C@H]1[C@@H]3CCC4=CC(=O)C=C[C@]4(C)[C@H]3[C@@H](O)C[C@@]12C. The average Bonchev–Trinajstić information content (AvgIpc) is 3.17. The molecule has 0 spiro atoms. The first-order chi connectivity index (χ1) is 15.0. The molecule has 0 aromatic heterocycles. The fourth-order valence-electron chi connectivity index (χ4n) is 7.96. The van der Waals surface area contributed by atoms with Crippen molar-refractivity contribution < 1.29 is 29.0 Å². The molecule has 32 heavy (non-hydrogen) atoms. The van der Waals surface area contributed by atoms with E-state index in [4.69, 9.17) is 14.5 Å². The monoisotopic (exact) mass is 441 g/mol. The van der Waals surface area contributed by atoms with Gasteiger partial charge in [0.15, 0.2) is 23.9 Å². The van der Waals surface area contributed by atoms with Gasteiger partial charge in [0, 0.05) is 30.6 Å². The highest BCUT2D eigenvalue weighted by atomic mass is 16.5. The smallest absolute Gasteiger partial charge is 0.303 e. The van der Waals surface area contributed by atoms with Crippen molar-refractivity contribution in [3.05, 3.63) is 23.8 Å². The molecule has 1 N–H and O–H groups in total. The number of aliphatic hydroxyl groups is 1. The molecule has 1 heterocycles. The molecule has 0 unspecified atom stereocenters. The van der Waals surface area contributed by atoms with Crippen molar-refractivity contribution in [3.8, 4) is 0 Å². The third-order valence-electron chi connectivity index (χ3n) is 9.15. The molecule has 1 aliphatic heterocycles. The van der Waals surface area contributed by atoms with Gasteiger partial charge >= 0.3 is 5.97 Å². The van der Waals surface area contributed by atoms with Gasteiger partial charge in [0.2, 0.25) is 5.78 Å². The fourth-order valence-corrected chi connectivity index (χ4v) is 7.96. The van der Waals surface area contributed by atoms with E-state index in [0.717, 1.165) is 18.4 Å². The van der Waals surface area contributed by atoms with E-state index in [9.17, 15) is 19.5 Å². The molecule has 0 saturated heterocycles. The zero-order valence-corrected chi connectivity index (χ0v) is 19.1. The van der Waals surface area contributed by atoms with Gasteiger partial charge in [0.1, 0.15) is 6.04 Å². The summed E-state index contributed by atoms with van der Waals surface area (Å²) in [7, 11) is 0. The molecule has 0 bridgehead atoms. The first-order valence-electron chi connectivity index (χ1n) is 11.6. The van der Waals surface area contributed by atoms with Gasteiger partial charge in [-0.3, -0.25) is 14.4 Å². The lowest BCUT2D eigenvalue weighted by Gasteiger charge is -2.59. The average molecular weight is 442 g/mol. The highest BCUT2D eigenvalue weighted by molar-refractivity contribution is 6.01. The van der Waals surface area contributed by atoms with Gasteiger partial charge in [-0.25, -0.2) is 4.99 Å². The van der Waals surface area contributed by atoms with Crippen LogP contribution in [0.4, 0.5) is 0 Å². The molecule has 4 aliphatic carbocycles. The summed E-state index contributed by atoms with van der Waals surface area (Å²) >= 11 is 0. The summed E-state index contributed by atoms with van der Waals surface area (Å²) in [5, 5.41) is 11.6. The summed E-state index contributed by atoms with van der Waals surface area (Å²) in [4.78, 5) is 41.6. The van der Waals surface area contributed by atoms with Crippen molar-refractivity contribution in [2.24, 2.45) is 33.6 Å². The number of ether oxygens (including phenoxy) is 2. The van der Waals surface area contributed by atoms with Gasteiger partial charge in [-0.2, -0.15) is 0 Å². The second-order valence-electron chi connectivity index (χ2n) is 10.7. The Morgan fingerprint density at radius 3 is 2.81 bits per heavy atom. The Morgan fingerprint density at radius 1 is 1.34 bits per heavy atom. The van der Waals surface area contributed by atoms with Crippen LogP contribution in [0, 0.1) is 28.6 Å². The van der Waals surface area contributed by atoms with E-state index in [1.807, 2.05) is 13.0 Å². The number of carbonyl (C=O) groups excluding carboxylic acids is 3. The molecule has 0 aromatic carbocycles. The van der Waals surface area contributed by atoms with Gasteiger partial charge in [-0.1, -0.05) is 25.5 Å². The van der Waals surface area contributed by atoms with Crippen molar-refractivity contribution in [1.82, 2.24) is 0 Å². The summed E-state index contributed by atoms with van der Waals surface area (Å²) in [5.74, 6) is -0.0419. The molecule has 172 valence electrons. The molecule has 0 amide bonds. The van der Waals surface area contributed by atoms with Crippen molar-refractivity contribution in [1.29, 1.82) is 0 Å². The molecule has 5 aliphatic rings. The van der Waals surface area contributed by atoms with Crippen LogP contribution in [0.5, 0.6) is 0 Å². The van der Waals surface area contributed by atoms with Crippen LogP contribution in [0.1, 0.15) is 53.4 Å². The number of aliphatic imine (C=N–C) groups is 1. The van der Waals surface area contributed by atoms with Crippen LogP contribution in [0.2, 0.25) is 0 Å². The van der Waals surface area contributed by atoms with Gasteiger partial charge in [0.25, 0.3) is 0 Å². The Kier molecular flexibility index (Phi) is 4.62. The minimum Gasteiger partial charge on any atom is -0.464 e. The van der Waals surface area contributed by atoms with Crippen LogP contribution in [-0.2, 0) is 23.9 Å². The van der Waals surface area contributed by atoms with Crippen LogP contribution in [0.15, 0.2) is 28.8 Å². The Labute approximate surface area is 187 Å². The van der Waals surface area contributed by atoms with E-state index in [1.165, 1.54) is 6.92 Å². The van der Waals surface area contributed by atoms with E-state index in [1.54, 1.807) is 19.1 Å². The number of carbonyl (C=O) groups is 3. The van der Waals surface area contributed by atoms with Crippen molar-refractivity contribution >= 4 is 23.4 Å². The minimum absolute atomic E-state index is 0.00898. The molecule has 3 fully saturated rings. The molecule has 3 saturated carbocycles. The molecular formula is C25H31NO6. The summed E-state index contributed by atoms with van der Waals surface area (Å²) in [6.45, 7) is 6.86. The quantitative estimate of drug-likeness (QED) is 0.676. The maximum absolute atomic E-state index is 13.5. The third-order valence-corrected chi connectivity index (χ3v) is 9.15. The van der Waals surface area contributed by atoms with E-state index < -0.39 is 23.1 Å². The lowest BCUT2D eigenvalue weighted by Crippen LogP contribution is -2.64. The van der Waals surface area contributed by atoms with Crippen LogP contribution in [0.25, 0.3) is 0 Å².